The maximum absolute atomic E-state index is 13.3. The molecule has 3 aromatic rings. The molecule has 0 aliphatic rings. The van der Waals surface area contributed by atoms with Crippen LogP contribution in [0.25, 0.3) is 10.9 Å². The molecule has 1 aromatic heterocycles. The average molecular weight is 334 g/mol. The molecule has 0 radical (unpaired) electrons. The molecule has 0 atom stereocenters. The van der Waals surface area contributed by atoms with Crippen molar-refractivity contribution in [1.82, 2.24) is 9.97 Å². The number of hydrogen-bond acceptors (Lipinski definition) is 5. The van der Waals surface area contributed by atoms with Crippen LogP contribution in [0.1, 0.15) is 0 Å². The Balaban J connectivity index is 2.11. The summed E-state index contributed by atoms with van der Waals surface area (Å²) in [5.74, 6) is 1.24. The van der Waals surface area contributed by atoms with Crippen LogP contribution in [-0.4, -0.2) is 24.2 Å². The molecule has 0 amide bonds. The topological polar surface area (TPSA) is 56.3 Å². The smallest absolute Gasteiger partial charge is 0.145 e. The van der Waals surface area contributed by atoms with Crippen LogP contribution in [0.2, 0.25) is 5.02 Å². The quantitative estimate of drug-likeness (QED) is 0.776. The molecule has 0 saturated heterocycles. The SMILES string of the molecule is COc1cc(OC)c2c(Nc3ccc(F)c(Cl)c3)ncnc2c1. The Labute approximate surface area is 137 Å². The Morgan fingerprint density at radius 2 is 1.91 bits per heavy atom. The summed E-state index contributed by atoms with van der Waals surface area (Å²) in [5, 5.41) is 3.82. The van der Waals surface area contributed by atoms with E-state index in [1.54, 1.807) is 32.4 Å². The van der Waals surface area contributed by atoms with E-state index in [0.717, 1.165) is 0 Å². The predicted molar refractivity (Wildman–Crippen MR) is 87.3 cm³/mol. The van der Waals surface area contributed by atoms with Gasteiger partial charge in [0.25, 0.3) is 0 Å². The van der Waals surface area contributed by atoms with Gasteiger partial charge < -0.3 is 14.8 Å². The molecule has 1 heterocycles. The number of ether oxygens (including phenoxy) is 2. The Kier molecular flexibility index (Phi) is 4.16. The standard InChI is InChI=1S/C16H13ClFN3O2/c1-22-10-6-13-15(14(7-10)23-2)16(20-8-19-13)21-9-3-4-12(18)11(17)5-9/h3-8H,1-2H3,(H,19,20,21). The number of nitrogens with zero attached hydrogens (tertiary/aromatic N) is 2. The highest BCUT2D eigenvalue weighted by Crippen LogP contribution is 2.35. The fourth-order valence-corrected chi connectivity index (χ4v) is 2.39. The van der Waals surface area contributed by atoms with Crippen molar-refractivity contribution in [1.29, 1.82) is 0 Å². The molecule has 0 aliphatic heterocycles. The van der Waals surface area contributed by atoms with Gasteiger partial charge in [0.1, 0.15) is 29.5 Å². The first-order chi connectivity index (χ1) is 11.1. The van der Waals surface area contributed by atoms with Gasteiger partial charge in [0.05, 0.1) is 30.1 Å². The highest BCUT2D eigenvalue weighted by Gasteiger charge is 2.13. The lowest BCUT2D eigenvalue weighted by Crippen LogP contribution is -1.99. The summed E-state index contributed by atoms with van der Waals surface area (Å²) in [5.41, 5.74) is 1.26. The average Bonchev–Trinajstić information content (AvgIpc) is 2.57. The molecule has 7 heteroatoms. The van der Waals surface area contributed by atoms with Crippen LogP contribution in [0.5, 0.6) is 11.5 Å². The lowest BCUT2D eigenvalue weighted by atomic mass is 10.2. The predicted octanol–water partition coefficient (Wildman–Crippen LogP) is 4.18. The van der Waals surface area contributed by atoms with Gasteiger partial charge in [-0.2, -0.15) is 0 Å². The third kappa shape index (κ3) is 2.98. The molecule has 0 bridgehead atoms. The molecule has 0 spiro atoms. The number of nitrogens with one attached hydrogen (secondary N) is 1. The molecule has 0 fully saturated rings. The van der Waals surface area contributed by atoms with Crippen LogP contribution >= 0.6 is 11.6 Å². The van der Waals surface area contributed by atoms with Gasteiger partial charge in [-0.25, -0.2) is 14.4 Å². The Bertz CT molecular complexity index is 873. The summed E-state index contributed by atoms with van der Waals surface area (Å²) < 4.78 is 23.9. The van der Waals surface area contributed by atoms with Gasteiger partial charge in [-0.05, 0) is 18.2 Å². The molecule has 1 N–H and O–H groups in total. The zero-order chi connectivity index (χ0) is 16.4. The van der Waals surface area contributed by atoms with Crippen molar-refractivity contribution in [3.8, 4) is 11.5 Å². The third-order valence-electron chi connectivity index (χ3n) is 3.31. The minimum absolute atomic E-state index is 0.0296. The molecular weight excluding hydrogens is 321 g/mol. The second-order valence-electron chi connectivity index (χ2n) is 4.70. The lowest BCUT2D eigenvalue weighted by molar-refractivity contribution is 0.398. The summed E-state index contributed by atoms with van der Waals surface area (Å²) in [6.45, 7) is 0. The zero-order valence-electron chi connectivity index (χ0n) is 12.4. The van der Waals surface area contributed by atoms with E-state index in [4.69, 9.17) is 21.1 Å². The number of hydrogen-bond donors (Lipinski definition) is 1. The Morgan fingerprint density at radius 1 is 1.09 bits per heavy atom. The number of benzene rings is 2. The van der Waals surface area contributed by atoms with Gasteiger partial charge in [-0.3, -0.25) is 0 Å². The highest BCUT2D eigenvalue weighted by atomic mass is 35.5. The first-order valence-electron chi connectivity index (χ1n) is 6.71. The van der Waals surface area contributed by atoms with Gasteiger partial charge in [-0.1, -0.05) is 11.6 Å². The number of aromatic nitrogens is 2. The number of methoxy groups -OCH3 is 2. The molecule has 0 unspecified atom stereocenters. The Hall–Kier alpha value is -2.60. The van der Waals surface area contributed by atoms with Crippen molar-refractivity contribution >= 4 is 34.0 Å². The fourth-order valence-electron chi connectivity index (χ4n) is 2.21. The Morgan fingerprint density at radius 3 is 2.61 bits per heavy atom. The van der Waals surface area contributed by atoms with Gasteiger partial charge in [-0.15, -0.1) is 0 Å². The van der Waals surface area contributed by atoms with E-state index >= 15 is 0 Å². The zero-order valence-corrected chi connectivity index (χ0v) is 13.2. The van der Waals surface area contributed by atoms with E-state index in [2.05, 4.69) is 15.3 Å². The van der Waals surface area contributed by atoms with Crippen molar-refractivity contribution in [2.75, 3.05) is 19.5 Å². The molecule has 0 saturated carbocycles. The first kappa shape index (κ1) is 15.3. The second kappa shape index (κ2) is 6.26. The van der Waals surface area contributed by atoms with Crippen LogP contribution in [0.4, 0.5) is 15.9 Å². The van der Waals surface area contributed by atoms with Gasteiger partial charge >= 0.3 is 0 Å². The van der Waals surface area contributed by atoms with Gasteiger partial charge in [0.2, 0.25) is 0 Å². The molecule has 3 rings (SSSR count). The number of anilines is 2. The molecule has 118 valence electrons. The van der Waals surface area contributed by atoms with Crippen LogP contribution in [0.3, 0.4) is 0 Å². The largest absolute Gasteiger partial charge is 0.497 e. The molecule has 2 aromatic carbocycles. The fraction of sp³-hybridized carbons (Fsp3) is 0.125. The number of fused-ring (bicyclic) bond motifs is 1. The van der Waals surface area contributed by atoms with E-state index < -0.39 is 5.82 Å². The van der Waals surface area contributed by atoms with E-state index in [-0.39, 0.29) is 5.02 Å². The summed E-state index contributed by atoms with van der Waals surface area (Å²) >= 11 is 5.81. The maximum Gasteiger partial charge on any atom is 0.145 e. The van der Waals surface area contributed by atoms with E-state index in [1.807, 2.05) is 0 Å². The van der Waals surface area contributed by atoms with E-state index in [9.17, 15) is 4.39 Å². The van der Waals surface area contributed by atoms with E-state index in [1.165, 1.54) is 18.5 Å². The second-order valence-corrected chi connectivity index (χ2v) is 5.11. The number of rotatable bonds is 4. The summed E-state index contributed by atoms with van der Waals surface area (Å²) in [4.78, 5) is 8.47. The molecular formula is C16H13ClFN3O2. The van der Waals surface area contributed by atoms with Gasteiger partial charge in [0, 0.05) is 17.8 Å². The van der Waals surface area contributed by atoms with Crippen molar-refractivity contribution < 1.29 is 13.9 Å². The van der Waals surface area contributed by atoms with Gasteiger partial charge in [0.15, 0.2) is 0 Å². The summed E-state index contributed by atoms with van der Waals surface area (Å²) in [6.07, 6.45) is 1.43. The van der Waals surface area contributed by atoms with E-state index in [0.29, 0.717) is 33.9 Å². The minimum Gasteiger partial charge on any atom is -0.497 e. The van der Waals surface area contributed by atoms with Crippen molar-refractivity contribution in [2.45, 2.75) is 0 Å². The van der Waals surface area contributed by atoms with Crippen molar-refractivity contribution in [2.24, 2.45) is 0 Å². The van der Waals surface area contributed by atoms with Crippen LogP contribution in [0.15, 0.2) is 36.7 Å². The minimum atomic E-state index is -0.480. The van der Waals surface area contributed by atoms with Crippen LogP contribution in [-0.2, 0) is 0 Å². The summed E-state index contributed by atoms with van der Waals surface area (Å²) in [7, 11) is 3.13. The lowest BCUT2D eigenvalue weighted by Gasteiger charge is -2.13. The monoisotopic (exact) mass is 333 g/mol. The maximum atomic E-state index is 13.3. The first-order valence-corrected chi connectivity index (χ1v) is 7.09. The molecule has 23 heavy (non-hydrogen) atoms. The van der Waals surface area contributed by atoms with Crippen molar-refractivity contribution in [3.63, 3.8) is 0 Å². The summed E-state index contributed by atoms with van der Waals surface area (Å²) in [6, 6.07) is 7.87. The molecule has 0 aliphatic carbocycles. The van der Waals surface area contributed by atoms with Crippen LogP contribution in [0, 0.1) is 5.82 Å². The van der Waals surface area contributed by atoms with Crippen molar-refractivity contribution in [3.05, 3.63) is 47.5 Å². The number of halogens is 2. The van der Waals surface area contributed by atoms with Crippen LogP contribution < -0.4 is 14.8 Å². The third-order valence-corrected chi connectivity index (χ3v) is 3.60. The highest BCUT2D eigenvalue weighted by molar-refractivity contribution is 6.31. The normalized spacial score (nSPS) is 10.6. The molecule has 5 nitrogen and oxygen atoms in total.